The fourth-order valence-electron chi connectivity index (χ4n) is 4.32. The fraction of sp³-hybridized carbons (Fsp3) is 0.320. The Balaban J connectivity index is 1.71. The molecule has 1 saturated heterocycles. The molecule has 1 amide bonds. The highest BCUT2D eigenvalue weighted by Gasteiger charge is 2.34. The summed E-state index contributed by atoms with van der Waals surface area (Å²) in [6, 6.07) is 10.9. The van der Waals surface area contributed by atoms with E-state index < -0.39 is 23.1 Å². The molecule has 35 heavy (non-hydrogen) atoms. The highest BCUT2D eigenvalue weighted by Crippen LogP contribution is 2.37. The van der Waals surface area contributed by atoms with Crippen LogP contribution in [0.1, 0.15) is 46.2 Å². The Morgan fingerprint density at radius 3 is 2.49 bits per heavy atom. The van der Waals surface area contributed by atoms with Gasteiger partial charge in [0, 0.05) is 18.3 Å². The molecule has 3 aromatic rings. The summed E-state index contributed by atoms with van der Waals surface area (Å²) in [6.07, 6.45) is -3.14. The third kappa shape index (κ3) is 4.73. The van der Waals surface area contributed by atoms with Crippen LogP contribution in [0.5, 0.6) is 11.5 Å². The molecule has 0 N–H and O–H groups in total. The number of halogens is 3. The maximum Gasteiger partial charge on any atom is 0.416 e. The molecule has 1 aliphatic rings. The monoisotopic (exact) mass is 487 g/mol. The van der Waals surface area contributed by atoms with E-state index in [1.165, 1.54) is 37.1 Å². The number of alkyl halides is 3. The van der Waals surface area contributed by atoms with Gasteiger partial charge in [-0.15, -0.1) is 0 Å². The Hall–Kier alpha value is -3.82. The number of aromatic nitrogens is 2. The van der Waals surface area contributed by atoms with Gasteiger partial charge in [0.2, 0.25) is 5.43 Å². The number of rotatable bonds is 5. The predicted molar refractivity (Wildman–Crippen MR) is 122 cm³/mol. The molecule has 2 heterocycles. The fourth-order valence-corrected chi connectivity index (χ4v) is 4.32. The summed E-state index contributed by atoms with van der Waals surface area (Å²) in [5.41, 5.74) is -0.559. The van der Waals surface area contributed by atoms with Crippen molar-refractivity contribution < 1.29 is 27.4 Å². The number of nitrogens with zero attached hydrogens (tertiary/aromatic N) is 3. The molecule has 1 atom stereocenters. The van der Waals surface area contributed by atoms with Crippen LogP contribution in [0, 0.1) is 6.92 Å². The van der Waals surface area contributed by atoms with Crippen molar-refractivity contribution in [3.05, 3.63) is 81.3 Å². The van der Waals surface area contributed by atoms with Crippen LogP contribution in [0.2, 0.25) is 0 Å². The van der Waals surface area contributed by atoms with Gasteiger partial charge in [-0.1, -0.05) is 12.1 Å². The molecule has 7 nitrogen and oxygen atoms in total. The van der Waals surface area contributed by atoms with Gasteiger partial charge in [0.1, 0.15) is 0 Å². The maximum absolute atomic E-state index is 13.5. The summed E-state index contributed by atoms with van der Waals surface area (Å²) in [6.45, 7) is 1.96. The number of methoxy groups -OCH3 is 2. The van der Waals surface area contributed by atoms with Crippen molar-refractivity contribution in [3.8, 4) is 17.2 Å². The lowest BCUT2D eigenvalue weighted by Crippen LogP contribution is -2.36. The molecule has 0 bridgehead atoms. The summed E-state index contributed by atoms with van der Waals surface area (Å²) in [4.78, 5) is 27.8. The van der Waals surface area contributed by atoms with E-state index in [9.17, 15) is 22.8 Å². The molecule has 1 unspecified atom stereocenters. The zero-order valence-corrected chi connectivity index (χ0v) is 19.4. The summed E-state index contributed by atoms with van der Waals surface area (Å²) in [5.74, 6) is 0.494. The van der Waals surface area contributed by atoms with Crippen LogP contribution in [0.25, 0.3) is 5.69 Å². The zero-order valence-electron chi connectivity index (χ0n) is 19.4. The van der Waals surface area contributed by atoms with Gasteiger partial charge < -0.3 is 14.4 Å². The first-order valence-corrected chi connectivity index (χ1v) is 11.0. The van der Waals surface area contributed by atoms with E-state index in [2.05, 4.69) is 5.10 Å². The number of amides is 1. The third-order valence-corrected chi connectivity index (χ3v) is 6.03. The number of benzene rings is 2. The Bertz CT molecular complexity index is 1320. The van der Waals surface area contributed by atoms with Crippen LogP contribution in [0.3, 0.4) is 0 Å². The lowest BCUT2D eigenvalue weighted by Gasteiger charge is -2.25. The molecule has 0 saturated carbocycles. The van der Waals surface area contributed by atoms with Crippen LogP contribution >= 0.6 is 0 Å². The van der Waals surface area contributed by atoms with E-state index in [1.807, 2.05) is 6.07 Å². The number of carbonyl (C=O) groups is 1. The largest absolute Gasteiger partial charge is 0.493 e. The van der Waals surface area contributed by atoms with Gasteiger partial charge in [0.25, 0.3) is 5.91 Å². The normalized spacial score (nSPS) is 15.8. The molecular formula is C25H24F3N3O4. The molecule has 10 heteroatoms. The second kappa shape index (κ2) is 9.44. The molecule has 1 aliphatic heterocycles. The van der Waals surface area contributed by atoms with Gasteiger partial charge in [-0.25, -0.2) is 4.68 Å². The van der Waals surface area contributed by atoms with E-state index >= 15 is 0 Å². The average Bonchev–Trinajstić information content (AvgIpc) is 3.33. The molecular weight excluding hydrogens is 463 g/mol. The maximum atomic E-state index is 13.5. The lowest BCUT2D eigenvalue weighted by atomic mass is 10.0. The predicted octanol–water partition coefficient (Wildman–Crippen LogP) is 4.55. The van der Waals surface area contributed by atoms with Gasteiger partial charge in [-0.2, -0.15) is 18.3 Å². The first-order valence-electron chi connectivity index (χ1n) is 11.0. The highest BCUT2D eigenvalue weighted by atomic mass is 19.4. The van der Waals surface area contributed by atoms with Crippen molar-refractivity contribution in [2.24, 2.45) is 0 Å². The van der Waals surface area contributed by atoms with Crippen LogP contribution in [-0.4, -0.2) is 41.4 Å². The molecule has 4 rings (SSSR count). The van der Waals surface area contributed by atoms with Crippen LogP contribution in [0.15, 0.2) is 53.3 Å². The summed E-state index contributed by atoms with van der Waals surface area (Å²) in [7, 11) is 3.05. The van der Waals surface area contributed by atoms with E-state index in [1.54, 1.807) is 24.0 Å². The SMILES string of the molecule is COc1ccc(C2CCCN2C(=O)c2nn(-c3cccc(C(F)(F)F)c3)c(C)cc2=O)cc1OC. The van der Waals surface area contributed by atoms with Crippen molar-refractivity contribution >= 4 is 5.91 Å². The standard InChI is InChI=1S/C25H24F3N3O4/c1-15-12-20(32)23(29-31(15)18-7-4-6-17(14-18)25(26,27)28)24(33)30-11-5-8-19(30)16-9-10-21(34-2)22(13-16)35-3/h4,6-7,9-10,12-14,19H,5,8,11H2,1-3H3. The molecule has 184 valence electrons. The van der Waals surface area contributed by atoms with Crippen molar-refractivity contribution in [3.63, 3.8) is 0 Å². The van der Waals surface area contributed by atoms with E-state index in [0.717, 1.165) is 24.1 Å². The molecule has 2 aromatic carbocycles. The van der Waals surface area contributed by atoms with Gasteiger partial charge in [-0.3, -0.25) is 9.59 Å². The number of likely N-dealkylation sites (tertiary alicyclic amines) is 1. The Morgan fingerprint density at radius 1 is 1.06 bits per heavy atom. The molecule has 1 aromatic heterocycles. The first kappa shape index (κ1) is 24.3. The van der Waals surface area contributed by atoms with Crippen LogP contribution in [0.4, 0.5) is 13.2 Å². The second-order valence-electron chi connectivity index (χ2n) is 8.23. The molecule has 0 radical (unpaired) electrons. The molecule has 0 spiro atoms. The van der Waals surface area contributed by atoms with Gasteiger partial charge >= 0.3 is 6.18 Å². The van der Waals surface area contributed by atoms with Gasteiger partial charge in [-0.05, 0) is 55.7 Å². The zero-order chi connectivity index (χ0) is 25.3. The minimum Gasteiger partial charge on any atom is -0.493 e. The topological polar surface area (TPSA) is 73.7 Å². The van der Waals surface area contributed by atoms with E-state index in [4.69, 9.17) is 9.47 Å². The van der Waals surface area contributed by atoms with Crippen molar-refractivity contribution in [2.45, 2.75) is 32.0 Å². The number of ether oxygens (including phenoxy) is 2. The van der Waals surface area contributed by atoms with E-state index in [0.29, 0.717) is 30.2 Å². The van der Waals surface area contributed by atoms with Crippen LogP contribution < -0.4 is 14.9 Å². The van der Waals surface area contributed by atoms with Crippen LogP contribution in [-0.2, 0) is 6.18 Å². The molecule has 0 aliphatic carbocycles. The summed E-state index contributed by atoms with van der Waals surface area (Å²) in [5, 5.41) is 4.20. The van der Waals surface area contributed by atoms with Gasteiger partial charge in [0.05, 0.1) is 31.5 Å². The Kier molecular flexibility index (Phi) is 6.56. The number of hydrogen-bond acceptors (Lipinski definition) is 5. The van der Waals surface area contributed by atoms with E-state index in [-0.39, 0.29) is 17.4 Å². The quantitative estimate of drug-likeness (QED) is 0.528. The second-order valence-corrected chi connectivity index (χ2v) is 8.23. The van der Waals surface area contributed by atoms with Crippen molar-refractivity contribution in [2.75, 3.05) is 20.8 Å². The number of hydrogen-bond donors (Lipinski definition) is 0. The highest BCUT2D eigenvalue weighted by molar-refractivity contribution is 5.92. The summed E-state index contributed by atoms with van der Waals surface area (Å²) >= 11 is 0. The Labute approximate surface area is 199 Å². The average molecular weight is 487 g/mol. The van der Waals surface area contributed by atoms with Crippen molar-refractivity contribution in [1.29, 1.82) is 0 Å². The third-order valence-electron chi connectivity index (χ3n) is 6.03. The minimum absolute atomic E-state index is 0.101. The van der Waals surface area contributed by atoms with Gasteiger partial charge in [0.15, 0.2) is 17.2 Å². The number of aryl methyl sites for hydroxylation is 1. The summed E-state index contributed by atoms with van der Waals surface area (Å²) < 4.78 is 51.5. The molecule has 1 fully saturated rings. The minimum atomic E-state index is -4.54. The Morgan fingerprint density at radius 2 is 1.80 bits per heavy atom. The lowest BCUT2D eigenvalue weighted by molar-refractivity contribution is -0.137. The first-order chi connectivity index (χ1) is 16.6. The smallest absolute Gasteiger partial charge is 0.416 e. The van der Waals surface area contributed by atoms with Crippen molar-refractivity contribution in [1.82, 2.24) is 14.7 Å². The number of carbonyl (C=O) groups excluding carboxylic acids is 1.